The summed E-state index contributed by atoms with van der Waals surface area (Å²) in [6, 6.07) is 7.31. The average Bonchev–Trinajstić information content (AvgIpc) is 2.61. The van der Waals surface area contributed by atoms with Crippen LogP contribution in [-0.2, 0) is 19.4 Å². The molecule has 0 bridgehead atoms. The van der Waals surface area contributed by atoms with Crippen molar-refractivity contribution in [2.24, 2.45) is 0 Å². The highest BCUT2D eigenvalue weighted by molar-refractivity contribution is 7.90. The minimum Gasteiger partial charge on any atom is -0.452 e. The normalized spacial score (nSPS) is 11.0. The molecule has 0 saturated carbocycles. The number of rotatable bonds is 6. The molecule has 1 N–H and O–H groups in total. The summed E-state index contributed by atoms with van der Waals surface area (Å²) in [4.78, 5) is 33.6. The minimum absolute atomic E-state index is 0.139. The van der Waals surface area contributed by atoms with Crippen LogP contribution in [0.5, 0.6) is 0 Å². The summed E-state index contributed by atoms with van der Waals surface area (Å²) in [5, 5.41) is 13.8. The number of nitrogens with zero attached hydrogens (tertiary/aromatic N) is 1. The minimum atomic E-state index is -3.87. The van der Waals surface area contributed by atoms with E-state index in [0.29, 0.717) is 0 Å². The predicted octanol–water partition coefficient (Wildman–Crippen LogP) is 3.10. The fraction of sp³-hybridized carbons (Fsp3) is 0.125. The Morgan fingerprint density at radius 2 is 1.79 bits per heavy atom. The SMILES string of the molecule is CS(=O)(=O)c1ccc(C(=O)OCC(=O)Nc2c(Cl)cccc2Cl)cc1[N+](=O)[O-]. The summed E-state index contributed by atoms with van der Waals surface area (Å²) in [6.07, 6.45) is 0.803. The van der Waals surface area contributed by atoms with Gasteiger partial charge in [0.25, 0.3) is 11.6 Å². The van der Waals surface area contributed by atoms with Gasteiger partial charge in [-0.25, -0.2) is 13.2 Å². The summed E-state index contributed by atoms with van der Waals surface area (Å²) in [6.45, 7) is -0.720. The Labute approximate surface area is 169 Å². The second-order valence-corrected chi connectivity index (χ2v) is 8.23. The number of nitrogens with one attached hydrogen (secondary N) is 1. The van der Waals surface area contributed by atoms with Crippen LogP contribution in [0.15, 0.2) is 41.3 Å². The van der Waals surface area contributed by atoms with E-state index >= 15 is 0 Å². The summed E-state index contributed by atoms with van der Waals surface area (Å²) < 4.78 is 28.0. The Morgan fingerprint density at radius 3 is 2.32 bits per heavy atom. The second-order valence-electron chi connectivity index (χ2n) is 5.43. The van der Waals surface area contributed by atoms with Crippen LogP contribution < -0.4 is 5.32 Å². The molecule has 0 radical (unpaired) electrons. The molecule has 0 aliphatic rings. The molecule has 0 aromatic heterocycles. The average molecular weight is 447 g/mol. The lowest BCUT2D eigenvalue weighted by Gasteiger charge is -2.10. The molecule has 2 aromatic rings. The monoisotopic (exact) mass is 446 g/mol. The summed E-state index contributed by atoms with van der Waals surface area (Å²) in [7, 11) is -3.87. The Balaban J connectivity index is 2.12. The number of anilines is 1. The van der Waals surface area contributed by atoms with E-state index in [2.05, 4.69) is 5.32 Å². The van der Waals surface area contributed by atoms with Crippen LogP contribution in [0.2, 0.25) is 10.0 Å². The lowest BCUT2D eigenvalue weighted by atomic mass is 10.2. The van der Waals surface area contributed by atoms with E-state index in [-0.39, 0.29) is 21.3 Å². The van der Waals surface area contributed by atoms with E-state index in [1.807, 2.05) is 0 Å². The quantitative estimate of drug-likeness (QED) is 0.409. The maximum absolute atomic E-state index is 12.0. The molecular formula is C16H12Cl2N2O7S. The van der Waals surface area contributed by atoms with E-state index in [9.17, 15) is 28.1 Å². The molecule has 2 rings (SSSR count). The number of nitro benzene ring substituents is 1. The zero-order valence-electron chi connectivity index (χ0n) is 14.1. The molecule has 0 saturated heterocycles. The second kappa shape index (κ2) is 8.55. The third-order valence-corrected chi connectivity index (χ3v) is 5.13. The molecule has 28 heavy (non-hydrogen) atoms. The highest BCUT2D eigenvalue weighted by Crippen LogP contribution is 2.29. The van der Waals surface area contributed by atoms with Gasteiger partial charge in [-0.1, -0.05) is 29.3 Å². The molecular weight excluding hydrogens is 435 g/mol. The maximum atomic E-state index is 12.0. The van der Waals surface area contributed by atoms with Crippen molar-refractivity contribution in [2.75, 3.05) is 18.2 Å². The molecule has 0 aliphatic heterocycles. The number of benzene rings is 2. The number of amides is 1. The van der Waals surface area contributed by atoms with Crippen LogP contribution in [0, 0.1) is 10.1 Å². The van der Waals surface area contributed by atoms with Crippen molar-refractivity contribution in [3.05, 3.63) is 62.1 Å². The molecule has 0 heterocycles. The van der Waals surface area contributed by atoms with Crippen molar-refractivity contribution >= 4 is 56.3 Å². The third-order valence-electron chi connectivity index (χ3n) is 3.35. The highest BCUT2D eigenvalue weighted by Gasteiger charge is 2.24. The number of nitro groups is 1. The lowest BCUT2D eigenvalue weighted by Crippen LogP contribution is -2.21. The van der Waals surface area contributed by atoms with Crippen molar-refractivity contribution in [2.45, 2.75) is 4.90 Å². The van der Waals surface area contributed by atoms with Gasteiger partial charge in [0.15, 0.2) is 16.4 Å². The van der Waals surface area contributed by atoms with E-state index in [1.54, 1.807) is 6.07 Å². The molecule has 12 heteroatoms. The molecule has 0 aliphatic carbocycles. The van der Waals surface area contributed by atoms with E-state index in [0.717, 1.165) is 24.5 Å². The fourth-order valence-corrected chi connectivity index (χ4v) is 3.43. The summed E-state index contributed by atoms with van der Waals surface area (Å²) >= 11 is 11.8. The van der Waals surface area contributed by atoms with Crippen LogP contribution in [0.4, 0.5) is 11.4 Å². The first kappa shape index (κ1) is 21.6. The third kappa shape index (κ3) is 5.18. The molecule has 0 unspecified atom stereocenters. The fourth-order valence-electron chi connectivity index (χ4n) is 2.11. The van der Waals surface area contributed by atoms with Gasteiger partial charge < -0.3 is 10.1 Å². The van der Waals surface area contributed by atoms with Gasteiger partial charge in [0, 0.05) is 12.3 Å². The number of hydrogen-bond donors (Lipinski definition) is 1. The Hall–Kier alpha value is -2.69. The number of para-hydroxylation sites is 1. The number of hydrogen-bond acceptors (Lipinski definition) is 7. The first-order valence-electron chi connectivity index (χ1n) is 7.40. The van der Waals surface area contributed by atoms with Crippen molar-refractivity contribution in [1.82, 2.24) is 0 Å². The standard InChI is InChI=1S/C16H12Cl2N2O7S/c1-28(25,26)13-6-5-9(7-12(13)20(23)24)16(22)27-8-14(21)19-15-10(17)3-2-4-11(15)18/h2-7H,8H2,1H3,(H,19,21). The Morgan fingerprint density at radius 1 is 1.18 bits per heavy atom. The van der Waals surface area contributed by atoms with Gasteiger partial charge >= 0.3 is 5.97 Å². The number of sulfone groups is 1. The highest BCUT2D eigenvalue weighted by atomic mass is 35.5. The molecule has 0 atom stereocenters. The maximum Gasteiger partial charge on any atom is 0.338 e. The van der Waals surface area contributed by atoms with Crippen molar-refractivity contribution in [1.29, 1.82) is 0 Å². The molecule has 1 amide bonds. The number of ether oxygens (including phenoxy) is 1. The van der Waals surface area contributed by atoms with Gasteiger partial charge in [0.05, 0.1) is 26.2 Å². The van der Waals surface area contributed by atoms with Crippen LogP contribution >= 0.6 is 23.2 Å². The first-order valence-corrected chi connectivity index (χ1v) is 10.0. The first-order chi connectivity index (χ1) is 13.0. The molecule has 148 valence electrons. The van der Waals surface area contributed by atoms with Gasteiger partial charge in [-0.05, 0) is 24.3 Å². The number of halogens is 2. The Bertz CT molecular complexity index is 1050. The lowest BCUT2D eigenvalue weighted by molar-refractivity contribution is -0.387. The van der Waals surface area contributed by atoms with Crippen LogP contribution in [-0.4, -0.2) is 38.1 Å². The predicted molar refractivity (Wildman–Crippen MR) is 102 cm³/mol. The van der Waals surface area contributed by atoms with Gasteiger partial charge in [0.1, 0.15) is 4.90 Å². The van der Waals surface area contributed by atoms with Gasteiger partial charge in [-0.2, -0.15) is 0 Å². The summed E-state index contributed by atoms with van der Waals surface area (Å²) in [5.41, 5.74) is -0.924. The van der Waals surface area contributed by atoms with Gasteiger partial charge in [-0.15, -0.1) is 0 Å². The number of carbonyl (C=O) groups excluding carboxylic acids is 2. The van der Waals surface area contributed by atoms with Crippen LogP contribution in [0.25, 0.3) is 0 Å². The zero-order valence-corrected chi connectivity index (χ0v) is 16.5. The summed E-state index contributed by atoms with van der Waals surface area (Å²) in [5.74, 6) is -1.80. The van der Waals surface area contributed by atoms with Crippen molar-refractivity contribution in [3.8, 4) is 0 Å². The van der Waals surface area contributed by atoms with Crippen molar-refractivity contribution in [3.63, 3.8) is 0 Å². The zero-order chi connectivity index (χ0) is 21.1. The van der Waals surface area contributed by atoms with Gasteiger partial charge in [-0.3, -0.25) is 14.9 Å². The van der Waals surface area contributed by atoms with Crippen LogP contribution in [0.3, 0.4) is 0 Å². The Kier molecular flexibility index (Phi) is 6.60. The molecule has 9 nitrogen and oxygen atoms in total. The smallest absolute Gasteiger partial charge is 0.338 e. The molecule has 2 aromatic carbocycles. The van der Waals surface area contributed by atoms with Gasteiger partial charge in [0.2, 0.25) is 0 Å². The van der Waals surface area contributed by atoms with Crippen LogP contribution in [0.1, 0.15) is 10.4 Å². The largest absolute Gasteiger partial charge is 0.452 e. The number of carbonyl (C=O) groups is 2. The molecule has 0 fully saturated rings. The topological polar surface area (TPSA) is 133 Å². The van der Waals surface area contributed by atoms with E-state index < -0.39 is 43.8 Å². The number of esters is 1. The van der Waals surface area contributed by atoms with E-state index in [1.165, 1.54) is 12.1 Å². The molecule has 0 spiro atoms. The van der Waals surface area contributed by atoms with E-state index in [4.69, 9.17) is 27.9 Å². The van der Waals surface area contributed by atoms with Crippen molar-refractivity contribution < 1.29 is 27.7 Å².